The Kier molecular flexibility index (Phi) is 14.3. The van der Waals surface area contributed by atoms with Crippen LogP contribution in [0.3, 0.4) is 0 Å². The van der Waals surface area contributed by atoms with Crippen molar-refractivity contribution in [2.75, 3.05) is 0 Å². The average Bonchev–Trinajstić information content (AvgIpc) is 4.06. The van der Waals surface area contributed by atoms with Crippen molar-refractivity contribution in [3.05, 3.63) is 104 Å². The minimum absolute atomic E-state index is 0. The van der Waals surface area contributed by atoms with Gasteiger partial charge >= 0.3 is 19.5 Å². The van der Waals surface area contributed by atoms with E-state index in [-0.39, 0.29) is 19.5 Å². The molecule has 0 spiro atoms. The molecule has 2 aliphatic heterocycles. The number of aromatic nitrogens is 4. The number of nitrogens with zero attached hydrogens (tertiary/aromatic N) is 4. The molecular weight excluding hydrogens is 1640 g/mol. The van der Waals surface area contributed by atoms with Gasteiger partial charge in [0.1, 0.15) is 0 Å². The number of fused-ring (bicyclic) bond motifs is 8. The molecule has 282 valence electrons. The van der Waals surface area contributed by atoms with E-state index >= 15 is 0 Å². The molecule has 8 bridgehead atoms. The van der Waals surface area contributed by atoms with E-state index in [0.717, 1.165) is 138 Å². The van der Waals surface area contributed by atoms with Crippen LogP contribution in [-0.2, 0) is 19.5 Å². The first-order chi connectivity index (χ1) is 26.7. The number of halogens is 12. The van der Waals surface area contributed by atoms with Crippen LogP contribution in [0.15, 0.2) is 81.6 Å². The van der Waals surface area contributed by atoms with E-state index in [4.69, 9.17) is 19.9 Å². The van der Waals surface area contributed by atoms with Crippen LogP contribution in [0, 0.1) is 0 Å². The minimum Gasteiger partial charge on any atom is -0.655 e. The third kappa shape index (κ3) is 8.01. The summed E-state index contributed by atoms with van der Waals surface area (Å²) in [4.78, 5) is 25.9. The van der Waals surface area contributed by atoms with Crippen molar-refractivity contribution >= 4 is 277 Å². The summed E-state index contributed by atoms with van der Waals surface area (Å²) in [5, 5.41) is 0. The molecule has 0 radical (unpaired) electrons. The first kappa shape index (κ1) is 45.4. The van der Waals surface area contributed by atoms with Crippen LogP contribution in [0.5, 0.6) is 0 Å². The van der Waals surface area contributed by atoms with E-state index in [9.17, 15) is 0 Å². The number of hydrogen-bond acceptors (Lipinski definition) is 6. The molecule has 0 N–H and O–H groups in total. The van der Waals surface area contributed by atoms with Crippen molar-refractivity contribution in [1.29, 1.82) is 0 Å². The van der Waals surface area contributed by atoms with Gasteiger partial charge in [0.25, 0.3) is 0 Å². The normalized spacial score (nSPS) is 13.0. The SMILES string of the molecule is BrC1=C(Br)c2nc1c(-c1ccc(Br)s1)c1[n-]c(c(Br)c1Br)c(-c1ccc(Br)s1)c1nc(c(-c3ccc(Br)s3)c3[n-]c(c(Br)c3Br)c2-c2ccc(Br)s2)C(Br)=C1Br.[Zn+2]. The summed E-state index contributed by atoms with van der Waals surface area (Å²) < 4.78 is 10.2. The van der Waals surface area contributed by atoms with Crippen molar-refractivity contribution in [2.45, 2.75) is 0 Å². The van der Waals surface area contributed by atoms with Crippen LogP contribution < -0.4 is 9.97 Å². The molecular formula is C36H8Br12N4S4Zn. The Morgan fingerprint density at radius 1 is 0.333 bits per heavy atom. The van der Waals surface area contributed by atoms with E-state index in [1.54, 1.807) is 45.3 Å². The first-order valence-corrected chi connectivity index (χ1v) is 28.1. The molecule has 2 aliphatic rings. The van der Waals surface area contributed by atoms with Crippen molar-refractivity contribution in [1.82, 2.24) is 19.9 Å². The molecule has 57 heavy (non-hydrogen) atoms. The van der Waals surface area contributed by atoms with Crippen molar-refractivity contribution in [2.24, 2.45) is 0 Å². The van der Waals surface area contributed by atoms with Crippen molar-refractivity contribution in [3.63, 3.8) is 0 Å². The molecule has 9 heterocycles. The molecule has 0 aromatic carbocycles. The summed E-state index contributed by atoms with van der Waals surface area (Å²) in [5.41, 5.74) is 9.11. The van der Waals surface area contributed by atoms with Crippen molar-refractivity contribution < 1.29 is 19.5 Å². The fourth-order valence-electron chi connectivity index (χ4n) is 6.17. The molecule has 9 rings (SSSR count). The Morgan fingerprint density at radius 3 is 0.719 bits per heavy atom. The zero-order chi connectivity index (χ0) is 39.5. The minimum atomic E-state index is 0. The maximum atomic E-state index is 5.50. The zero-order valence-electron chi connectivity index (χ0n) is 27.3. The fourth-order valence-corrected chi connectivity index (χ4v) is 15.7. The second kappa shape index (κ2) is 18.0. The number of thiophene rings is 4. The van der Waals surface area contributed by atoms with Crippen LogP contribution in [0.1, 0.15) is 22.8 Å². The quantitative estimate of drug-likeness (QED) is 0.165. The summed E-state index contributed by atoms with van der Waals surface area (Å²) in [6.45, 7) is 0. The summed E-state index contributed by atoms with van der Waals surface area (Å²) in [5.74, 6) is 0. The Morgan fingerprint density at radius 2 is 0.544 bits per heavy atom. The van der Waals surface area contributed by atoms with Crippen LogP contribution in [0.2, 0.25) is 0 Å². The molecule has 0 saturated carbocycles. The van der Waals surface area contributed by atoms with Gasteiger partial charge in [0.15, 0.2) is 0 Å². The van der Waals surface area contributed by atoms with Gasteiger partial charge in [0.05, 0.1) is 55.9 Å². The van der Waals surface area contributed by atoms with Crippen molar-refractivity contribution in [3.8, 4) is 41.8 Å². The van der Waals surface area contributed by atoms with Crippen LogP contribution in [-0.4, -0.2) is 9.97 Å². The number of rotatable bonds is 4. The molecule has 21 heteroatoms. The van der Waals surface area contributed by atoms with Gasteiger partial charge in [0.2, 0.25) is 0 Å². The standard InChI is InChI=1S/C36H8Br12N4S4.Zn/c37-13-5-1-9(53-13)17-29-21(41)23(43)31(49-29)18(10-2-6-14(38)54-10)33-25(45)27(47)35(51-33)20(12-4-8-16(40)56-12)36-28(48)26(46)34(52-36)19(11-3-7-15(39)55-11)32-24(44)22(42)30(17)50-32;/h1-8H;/q-2;+2. The van der Waals surface area contributed by atoms with Gasteiger partial charge in [-0.15, -0.1) is 67.4 Å². The van der Waals surface area contributed by atoms with E-state index in [1.165, 1.54) is 0 Å². The molecule has 0 unspecified atom stereocenters. The maximum Gasteiger partial charge on any atom is 2.00 e. The Labute approximate surface area is 454 Å². The van der Waals surface area contributed by atoms with Crippen LogP contribution >= 0.6 is 237 Å². The Bertz CT molecular complexity index is 2690. The summed E-state index contributed by atoms with van der Waals surface area (Å²) in [7, 11) is 0. The predicted octanol–water partition coefficient (Wildman–Crippen LogP) is 19.8. The van der Waals surface area contributed by atoms with Gasteiger partial charge < -0.3 is 9.97 Å². The van der Waals surface area contributed by atoms with Gasteiger partial charge in [-0.05, 0) is 176 Å². The largest absolute Gasteiger partial charge is 2.00 e. The van der Waals surface area contributed by atoms with Gasteiger partial charge in [0, 0.05) is 59.7 Å². The Hall–Kier alpha value is 1.78. The summed E-state index contributed by atoms with van der Waals surface area (Å²) in [6, 6.07) is 16.5. The predicted molar refractivity (Wildman–Crippen MR) is 283 cm³/mol. The molecule has 4 nitrogen and oxygen atoms in total. The zero-order valence-corrected chi connectivity index (χ0v) is 52.5. The molecule has 0 aliphatic carbocycles. The Balaban J connectivity index is 0.00000455. The fraction of sp³-hybridized carbons (Fsp3) is 0. The van der Waals surface area contributed by atoms with E-state index in [2.05, 4.69) is 215 Å². The summed E-state index contributed by atoms with van der Waals surface area (Å²) >= 11 is 53.2. The van der Waals surface area contributed by atoms with E-state index in [0.29, 0.717) is 0 Å². The van der Waals surface area contributed by atoms with E-state index in [1.807, 2.05) is 24.3 Å². The molecule has 7 aromatic heterocycles. The first-order valence-electron chi connectivity index (χ1n) is 15.3. The van der Waals surface area contributed by atoms with Gasteiger partial charge in [-0.2, -0.15) is 0 Å². The molecule has 0 atom stereocenters. The van der Waals surface area contributed by atoms with Gasteiger partial charge in [-0.25, -0.2) is 9.97 Å². The molecule has 0 amide bonds. The summed E-state index contributed by atoms with van der Waals surface area (Å²) in [6.07, 6.45) is 0. The average molecular weight is 1650 g/mol. The smallest absolute Gasteiger partial charge is 0.655 e. The third-order valence-corrected chi connectivity index (χ3v) is 23.4. The second-order valence-electron chi connectivity index (χ2n) is 11.7. The van der Waals surface area contributed by atoms with Crippen LogP contribution in [0.4, 0.5) is 0 Å². The van der Waals surface area contributed by atoms with E-state index < -0.39 is 0 Å². The van der Waals surface area contributed by atoms with Gasteiger partial charge in [-0.1, -0.05) is 63.7 Å². The maximum absolute atomic E-state index is 5.50. The second-order valence-corrected chi connectivity index (χ2v) is 27.9. The molecule has 0 saturated heterocycles. The number of hydrogen-bond donors (Lipinski definition) is 0. The third-order valence-electron chi connectivity index (χ3n) is 8.50. The molecule has 7 aromatic rings. The van der Waals surface area contributed by atoms with Crippen LogP contribution in [0.25, 0.3) is 81.8 Å². The topological polar surface area (TPSA) is 54.0 Å². The monoisotopic (exact) mass is 1630 g/mol. The van der Waals surface area contributed by atoms with Gasteiger partial charge in [-0.3, -0.25) is 0 Å². The molecule has 0 fully saturated rings.